The molecule has 2 unspecified atom stereocenters. The first-order valence-electron chi connectivity index (χ1n) is 3.83. The SMILES string of the molecule is COC1CCCC(Cl)(C#N)C1. The first kappa shape index (κ1) is 8.83. The van der Waals surface area contributed by atoms with Gasteiger partial charge in [0.25, 0.3) is 0 Å². The Labute approximate surface area is 72.1 Å². The van der Waals surface area contributed by atoms with Crippen LogP contribution in [0.3, 0.4) is 0 Å². The maximum atomic E-state index is 8.73. The minimum absolute atomic E-state index is 0.181. The van der Waals surface area contributed by atoms with E-state index in [-0.39, 0.29) is 6.10 Å². The summed E-state index contributed by atoms with van der Waals surface area (Å²) in [5, 5.41) is 8.73. The summed E-state index contributed by atoms with van der Waals surface area (Å²) in [6.45, 7) is 0. The molecule has 0 aromatic heterocycles. The van der Waals surface area contributed by atoms with Gasteiger partial charge in [-0.2, -0.15) is 5.26 Å². The predicted octanol–water partition coefficient (Wildman–Crippen LogP) is 2.08. The summed E-state index contributed by atoms with van der Waals surface area (Å²) < 4.78 is 5.15. The van der Waals surface area contributed by atoms with Gasteiger partial charge in [0.15, 0.2) is 0 Å². The average Bonchev–Trinajstić information content (AvgIpc) is 2.05. The van der Waals surface area contributed by atoms with E-state index in [1.807, 2.05) is 0 Å². The lowest BCUT2D eigenvalue weighted by molar-refractivity contribution is 0.0647. The Morgan fingerprint density at radius 3 is 3.00 bits per heavy atom. The summed E-state index contributed by atoms with van der Waals surface area (Å²) in [5.41, 5.74) is 0. The Balaban J connectivity index is 2.53. The van der Waals surface area contributed by atoms with Crippen molar-refractivity contribution in [1.29, 1.82) is 5.26 Å². The molecular formula is C8H12ClNO. The number of rotatable bonds is 1. The monoisotopic (exact) mass is 173 g/mol. The van der Waals surface area contributed by atoms with E-state index in [1.165, 1.54) is 0 Å². The topological polar surface area (TPSA) is 33.0 Å². The first-order valence-corrected chi connectivity index (χ1v) is 4.21. The molecule has 1 aliphatic rings. The zero-order valence-electron chi connectivity index (χ0n) is 6.64. The van der Waals surface area contributed by atoms with E-state index < -0.39 is 4.87 Å². The molecule has 0 radical (unpaired) electrons. The van der Waals surface area contributed by atoms with Crippen LogP contribution in [0.5, 0.6) is 0 Å². The quantitative estimate of drug-likeness (QED) is 0.569. The molecule has 1 fully saturated rings. The lowest BCUT2D eigenvalue weighted by Crippen LogP contribution is -2.31. The van der Waals surface area contributed by atoms with E-state index in [9.17, 15) is 0 Å². The lowest BCUT2D eigenvalue weighted by atomic mass is 9.87. The van der Waals surface area contributed by atoms with Crippen molar-refractivity contribution in [3.05, 3.63) is 0 Å². The van der Waals surface area contributed by atoms with E-state index >= 15 is 0 Å². The number of halogens is 1. The van der Waals surface area contributed by atoms with Gasteiger partial charge >= 0.3 is 0 Å². The highest BCUT2D eigenvalue weighted by atomic mass is 35.5. The number of nitriles is 1. The molecule has 1 saturated carbocycles. The number of alkyl halides is 1. The highest BCUT2D eigenvalue weighted by Crippen LogP contribution is 2.34. The maximum absolute atomic E-state index is 8.73. The average molecular weight is 174 g/mol. The molecule has 0 heterocycles. The smallest absolute Gasteiger partial charge is 0.133 e. The van der Waals surface area contributed by atoms with Crippen molar-refractivity contribution in [3.8, 4) is 6.07 Å². The Kier molecular flexibility index (Phi) is 2.75. The second kappa shape index (κ2) is 3.42. The van der Waals surface area contributed by atoms with E-state index in [2.05, 4.69) is 6.07 Å². The predicted molar refractivity (Wildman–Crippen MR) is 43.5 cm³/mol. The highest BCUT2D eigenvalue weighted by molar-refractivity contribution is 6.25. The van der Waals surface area contributed by atoms with Gasteiger partial charge in [0, 0.05) is 13.5 Å². The molecule has 3 heteroatoms. The van der Waals surface area contributed by atoms with Gasteiger partial charge < -0.3 is 4.74 Å². The van der Waals surface area contributed by atoms with Gasteiger partial charge in [0.05, 0.1) is 12.2 Å². The molecule has 1 aliphatic carbocycles. The molecule has 0 spiro atoms. The molecule has 0 N–H and O–H groups in total. The molecule has 11 heavy (non-hydrogen) atoms. The zero-order valence-corrected chi connectivity index (χ0v) is 7.40. The Morgan fingerprint density at radius 2 is 2.45 bits per heavy atom. The molecule has 2 nitrogen and oxygen atoms in total. The van der Waals surface area contributed by atoms with Crippen LogP contribution < -0.4 is 0 Å². The fraction of sp³-hybridized carbons (Fsp3) is 0.875. The van der Waals surface area contributed by atoms with Crippen molar-refractivity contribution < 1.29 is 4.74 Å². The standard InChI is InChI=1S/C8H12ClNO/c1-11-7-3-2-4-8(9,5-7)6-10/h7H,2-5H2,1H3. The van der Waals surface area contributed by atoms with Gasteiger partial charge in [-0.15, -0.1) is 11.6 Å². The summed E-state index contributed by atoms with van der Waals surface area (Å²) in [4.78, 5) is -0.654. The normalized spacial score (nSPS) is 38.1. The van der Waals surface area contributed by atoms with Crippen LogP contribution in [0.25, 0.3) is 0 Å². The van der Waals surface area contributed by atoms with Gasteiger partial charge in [0.2, 0.25) is 0 Å². The Morgan fingerprint density at radius 1 is 1.73 bits per heavy atom. The summed E-state index contributed by atoms with van der Waals surface area (Å²) in [5.74, 6) is 0. The van der Waals surface area contributed by atoms with E-state index in [0.29, 0.717) is 6.42 Å². The molecule has 0 amide bonds. The molecule has 1 rings (SSSR count). The zero-order chi connectivity index (χ0) is 8.32. The van der Waals surface area contributed by atoms with Crippen molar-refractivity contribution >= 4 is 11.6 Å². The number of nitrogens with zero attached hydrogens (tertiary/aromatic N) is 1. The molecule has 0 aromatic rings. The van der Waals surface area contributed by atoms with Gasteiger partial charge in [-0.25, -0.2) is 0 Å². The Bertz CT molecular complexity index is 177. The van der Waals surface area contributed by atoms with Gasteiger partial charge in [0.1, 0.15) is 4.87 Å². The fourth-order valence-electron chi connectivity index (χ4n) is 1.48. The molecule has 0 aromatic carbocycles. The number of hydrogen-bond acceptors (Lipinski definition) is 2. The van der Waals surface area contributed by atoms with Crippen LogP contribution in [0, 0.1) is 11.3 Å². The lowest BCUT2D eigenvalue weighted by Gasteiger charge is -2.29. The molecule has 0 saturated heterocycles. The van der Waals surface area contributed by atoms with Crippen LogP contribution in [0.1, 0.15) is 25.7 Å². The Hall–Kier alpha value is -0.260. The fourth-order valence-corrected chi connectivity index (χ4v) is 1.78. The second-order valence-electron chi connectivity index (χ2n) is 3.03. The van der Waals surface area contributed by atoms with Crippen LogP contribution in [-0.2, 0) is 4.74 Å². The van der Waals surface area contributed by atoms with Crippen LogP contribution >= 0.6 is 11.6 Å². The summed E-state index contributed by atoms with van der Waals surface area (Å²) >= 11 is 5.99. The molecular weight excluding hydrogens is 162 g/mol. The van der Waals surface area contributed by atoms with Gasteiger partial charge in [-0.3, -0.25) is 0 Å². The van der Waals surface area contributed by atoms with E-state index in [0.717, 1.165) is 19.3 Å². The van der Waals surface area contributed by atoms with Crippen molar-refractivity contribution in [1.82, 2.24) is 0 Å². The number of methoxy groups -OCH3 is 1. The van der Waals surface area contributed by atoms with Crippen LogP contribution in [0.4, 0.5) is 0 Å². The third-order valence-corrected chi connectivity index (χ3v) is 2.61. The molecule has 62 valence electrons. The largest absolute Gasteiger partial charge is 0.381 e. The van der Waals surface area contributed by atoms with Gasteiger partial charge in [-0.1, -0.05) is 0 Å². The van der Waals surface area contributed by atoms with Crippen molar-refractivity contribution in [3.63, 3.8) is 0 Å². The van der Waals surface area contributed by atoms with Crippen LogP contribution in [0.15, 0.2) is 0 Å². The minimum atomic E-state index is -0.654. The van der Waals surface area contributed by atoms with Gasteiger partial charge in [-0.05, 0) is 19.3 Å². The molecule has 0 aliphatic heterocycles. The maximum Gasteiger partial charge on any atom is 0.133 e. The summed E-state index contributed by atoms with van der Waals surface area (Å²) in [7, 11) is 1.67. The minimum Gasteiger partial charge on any atom is -0.381 e. The third-order valence-electron chi connectivity index (χ3n) is 2.18. The third kappa shape index (κ3) is 2.08. The number of hydrogen-bond donors (Lipinski definition) is 0. The van der Waals surface area contributed by atoms with Crippen molar-refractivity contribution in [2.24, 2.45) is 0 Å². The van der Waals surface area contributed by atoms with Crippen LogP contribution in [-0.4, -0.2) is 18.1 Å². The summed E-state index contributed by atoms with van der Waals surface area (Å²) in [6.07, 6.45) is 3.68. The van der Waals surface area contributed by atoms with Crippen molar-refractivity contribution in [2.45, 2.75) is 36.7 Å². The molecule has 0 bridgehead atoms. The molecule has 2 atom stereocenters. The van der Waals surface area contributed by atoms with E-state index in [4.69, 9.17) is 21.6 Å². The highest BCUT2D eigenvalue weighted by Gasteiger charge is 2.34. The first-order chi connectivity index (χ1) is 5.20. The van der Waals surface area contributed by atoms with Crippen LogP contribution in [0.2, 0.25) is 0 Å². The second-order valence-corrected chi connectivity index (χ2v) is 3.75. The van der Waals surface area contributed by atoms with E-state index in [1.54, 1.807) is 7.11 Å². The number of ether oxygens (including phenoxy) is 1. The summed E-state index contributed by atoms with van der Waals surface area (Å²) in [6, 6.07) is 2.13. The van der Waals surface area contributed by atoms with Crippen molar-refractivity contribution in [2.75, 3.05) is 7.11 Å².